The molecule has 0 saturated carbocycles. The van der Waals surface area contributed by atoms with Gasteiger partial charge in [-0.3, -0.25) is 0 Å². The Labute approximate surface area is 116 Å². The van der Waals surface area contributed by atoms with Crippen molar-refractivity contribution >= 4 is 22.9 Å². The second-order valence-corrected chi connectivity index (χ2v) is 4.32. The normalized spacial score (nSPS) is 15.6. The number of fused-ring (bicyclic) bond motifs is 1. The molecule has 0 bridgehead atoms. The average Bonchev–Trinajstić information content (AvgIpc) is 2.48. The van der Waals surface area contributed by atoms with Gasteiger partial charge >= 0.3 is 0 Å². The predicted octanol–water partition coefficient (Wildman–Crippen LogP) is 0.237. The molecule has 0 atom stereocenters. The molecule has 3 heterocycles. The molecule has 0 amide bonds. The van der Waals surface area contributed by atoms with Gasteiger partial charge in [-0.1, -0.05) is 0 Å². The molecule has 1 aliphatic heterocycles. The molecule has 1 fully saturated rings. The molecule has 8 heteroatoms. The Hall–Kier alpha value is -2.22. The van der Waals surface area contributed by atoms with Crippen molar-refractivity contribution in [3.8, 4) is 5.88 Å². The standard InChI is InChI=1S/C12H16N6O2/c1-2-20-11-9-10(16-12(13)17-11)14-7-8(15-9)18-3-5-19-6-4-18/h7H,2-6H2,1H3,(H2,13,14,16,17). The second-order valence-electron chi connectivity index (χ2n) is 4.32. The third-order valence-electron chi connectivity index (χ3n) is 3.00. The number of morpholine rings is 1. The third-order valence-corrected chi connectivity index (χ3v) is 3.00. The lowest BCUT2D eigenvalue weighted by Crippen LogP contribution is -2.36. The van der Waals surface area contributed by atoms with Crippen LogP contribution in [0.15, 0.2) is 6.20 Å². The fraction of sp³-hybridized carbons (Fsp3) is 0.500. The number of nitrogens with zero attached hydrogens (tertiary/aromatic N) is 5. The minimum atomic E-state index is 0.134. The van der Waals surface area contributed by atoms with Crippen LogP contribution < -0.4 is 15.4 Å². The van der Waals surface area contributed by atoms with Crippen LogP contribution in [0.4, 0.5) is 11.8 Å². The molecule has 0 radical (unpaired) electrons. The Morgan fingerprint density at radius 3 is 2.85 bits per heavy atom. The number of nitrogen functional groups attached to an aromatic ring is 1. The van der Waals surface area contributed by atoms with Crippen molar-refractivity contribution in [2.75, 3.05) is 43.5 Å². The van der Waals surface area contributed by atoms with Crippen molar-refractivity contribution in [2.45, 2.75) is 6.92 Å². The SMILES string of the molecule is CCOc1nc(N)nc2ncc(N3CCOCC3)nc12. The number of hydrogen-bond acceptors (Lipinski definition) is 8. The number of ether oxygens (including phenoxy) is 2. The lowest BCUT2D eigenvalue weighted by atomic mass is 10.4. The average molecular weight is 276 g/mol. The molecular formula is C12H16N6O2. The van der Waals surface area contributed by atoms with E-state index in [1.807, 2.05) is 6.92 Å². The van der Waals surface area contributed by atoms with Gasteiger partial charge in [0.25, 0.3) is 0 Å². The summed E-state index contributed by atoms with van der Waals surface area (Å²) in [5, 5.41) is 0. The van der Waals surface area contributed by atoms with Gasteiger partial charge in [0.1, 0.15) is 5.82 Å². The van der Waals surface area contributed by atoms with E-state index in [4.69, 9.17) is 15.2 Å². The minimum Gasteiger partial charge on any atom is -0.476 e. The van der Waals surface area contributed by atoms with E-state index in [1.54, 1.807) is 6.20 Å². The summed E-state index contributed by atoms with van der Waals surface area (Å²) in [5.74, 6) is 1.28. The van der Waals surface area contributed by atoms with Crippen LogP contribution in [-0.2, 0) is 4.74 Å². The molecular weight excluding hydrogens is 260 g/mol. The molecule has 2 aromatic heterocycles. The minimum absolute atomic E-state index is 0.134. The fourth-order valence-corrected chi connectivity index (χ4v) is 2.07. The summed E-state index contributed by atoms with van der Waals surface area (Å²) in [4.78, 5) is 19.1. The quantitative estimate of drug-likeness (QED) is 0.851. The molecule has 0 aliphatic carbocycles. The van der Waals surface area contributed by atoms with Gasteiger partial charge in [0.05, 0.1) is 26.0 Å². The monoisotopic (exact) mass is 276 g/mol. The number of anilines is 2. The first-order valence-corrected chi connectivity index (χ1v) is 6.53. The highest BCUT2D eigenvalue weighted by Gasteiger charge is 2.16. The molecule has 1 saturated heterocycles. The van der Waals surface area contributed by atoms with E-state index in [1.165, 1.54) is 0 Å². The molecule has 106 valence electrons. The van der Waals surface area contributed by atoms with Crippen LogP contribution in [0, 0.1) is 0 Å². The van der Waals surface area contributed by atoms with Crippen LogP contribution in [0.25, 0.3) is 11.2 Å². The van der Waals surface area contributed by atoms with Crippen LogP contribution in [0.3, 0.4) is 0 Å². The van der Waals surface area contributed by atoms with E-state index in [0.29, 0.717) is 36.9 Å². The Balaban J connectivity index is 2.04. The number of aromatic nitrogens is 4. The Morgan fingerprint density at radius 2 is 2.10 bits per heavy atom. The molecule has 20 heavy (non-hydrogen) atoms. The van der Waals surface area contributed by atoms with Crippen LogP contribution in [0.5, 0.6) is 5.88 Å². The van der Waals surface area contributed by atoms with Gasteiger partial charge in [-0.15, -0.1) is 0 Å². The van der Waals surface area contributed by atoms with Crippen molar-refractivity contribution < 1.29 is 9.47 Å². The van der Waals surface area contributed by atoms with Gasteiger partial charge in [0.15, 0.2) is 11.2 Å². The zero-order valence-corrected chi connectivity index (χ0v) is 11.2. The lowest BCUT2D eigenvalue weighted by Gasteiger charge is -2.27. The highest BCUT2D eigenvalue weighted by molar-refractivity contribution is 5.78. The van der Waals surface area contributed by atoms with Crippen molar-refractivity contribution in [1.29, 1.82) is 0 Å². The summed E-state index contributed by atoms with van der Waals surface area (Å²) in [5.41, 5.74) is 6.61. The molecule has 2 N–H and O–H groups in total. The topological polar surface area (TPSA) is 99.3 Å². The third kappa shape index (κ3) is 2.42. The largest absolute Gasteiger partial charge is 0.476 e. The van der Waals surface area contributed by atoms with Crippen LogP contribution >= 0.6 is 0 Å². The molecule has 0 aromatic carbocycles. The maximum atomic E-state index is 5.64. The summed E-state index contributed by atoms with van der Waals surface area (Å²) in [6, 6.07) is 0. The summed E-state index contributed by atoms with van der Waals surface area (Å²) in [7, 11) is 0. The highest BCUT2D eigenvalue weighted by Crippen LogP contribution is 2.23. The molecule has 2 aromatic rings. The Bertz CT molecular complexity index is 614. The van der Waals surface area contributed by atoms with Crippen molar-refractivity contribution in [2.24, 2.45) is 0 Å². The van der Waals surface area contributed by atoms with Gasteiger partial charge in [-0.2, -0.15) is 9.97 Å². The van der Waals surface area contributed by atoms with Crippen molar-refractivity contribution in [1.82, 2.24) is 19.9 Å². The summed E-state index contributed by atoms with van der Waals surface area (Å²) in [6.07, 6.45) is 1.69. The predicted molar refractivity (Wildman–Crippen MR) is 73.7 cm³/mol. The summed E-state index contributed by atoms with van der Waals surface area (Å²) in [6.45, 7) is 5.32. The first kappa shape index (κ1) is 12.8. The second kappa shape index (κ2) is 5.41. The highest BCUT2D eigenvalue weighted by atomic mass is 16.5. The molecule has 1 aliphatic rings. The maximum Gasteiger partial charge on any atom is 0.247 e. The Morgan fingerprint density at radius 1 is 1.30 bits per heavy atom. The first-order valence-electron chi connectivity index (χ1n) is 6.53. The number of hydrogen-bond donors (Lipinski definition) is 1. The van der Waals surface area contributed by atoms with E-state index in [0.717, 1.165) is 18.9 Å². The van der Waals surface area contributed by atoms with E-state index in [-0.39, 0.29) is 5.95 Å². The van der Waals surface area contributed by atoms with Gasteiger partial charge in [-0.05, 0) is 6.92 Å². The molecule has 3 rings (SSSR count). The maximum absolute atomic E-state index is 5.64. The lowest BCUT2D eigenvalue weighted by molar-refractivity contribution is 0.122. The zero-order chi connectivity index (χ0) is 13.9. The van der Waals surface area contributed by atoms with E-state index in [2.05, 4.69) is 24.8 Å². The van der Waals surface area contributed by atoms with Crippen LogP contribution in [-0.4, -0.2) is 52.8 Å². The van der Waals surface area contributed by atoms with Crippen LogP contribution in [0.1, 0.15) is 6.92 Å². The number of rotatable bonds is 3. The summed E-state index contributed by atoms with van der Waals surface area (Å²) >= 11 is 0. The number of nitrogens with two attached hydrogens (primary N) is 1. The van der Waals surface area contributed by atoms with Gasteiger partial charge in [0, 0.05) is 13.1 Å². The van der Waals surface area contributed by atoms with E-state index < -0.39 is 0 Å². The molecule has 8 nitrogen and oxygen atoms in total. The van der Waals surface area contributed by atoms with Gasteiger partial charge in [0.2, 0.25) is 11.8 Å². The first-order chi connectivity index (χ1) is 9.78. The van der Waals surface area contributed by atoms with Crippen LogP contribution in [0.2, 0.25) is 0 Å². The molecule has 0 unspecified atom stereocenters. The van der Waals surface area contributed by atoms with E-state index in [9.17, 15) is 0 Å². The van der Waals surface area contributed by atoms with Gasteiger partial charge in [-0.25, -0.2) is 9.97 Å². The van der Waals surface area contributed by atoms with Crippen molar-refractivity contribution in [3.05, 3.63) is 6.20 Å². The fourth-order valence-electron chi connectivity index (χ4n) is 2.07. The molecule has 0 spiro atoms. The van der Waals surface area contributed by atoms with Gasteiger partial charge < -0.3 is 20.1 Å². The Kier molecular flexibility index (Phi) is 3.46. The smallest absolute Gasteiger partial charge is 0.247 e. The summed E-state index contributed by atoms with van der Waals surface area (Å²) < 4.78 is 10.8. The zero-order valence-electron chi connectivity index (χ0n) is 11.2. The van der Waals surface area contributed by atoms with E-state index >= 15 is 0 Å². The van der Waals surface area contributed by atoms with Crippen molar-refractivity contribution in [3.63, 3.8) is 0 Å².